The number of rotatable bonds is 4. The van der Waals surface area contributed by atoms with Crippen LogP contribution in [0, 0.1) is 20.8 Å². The molecule has 0 atom stereocenters. The number of benzene rings is 3. The second kappa shape index (κ2) is 6.84. The van der Waals surface area contributed by atoms with Gasteiger partial charge in [0.2, 0.25) is 0 Å². The van der Waals surface area contributed by atoms with E-state index >= 15 is 0 Å². The van der Waals surface area contributed by atoms with Crippen LogP contribution in [0.3, 0.4) is 0 Å². The Morgan fingerprint density at radius 3 is 1.08 bits per heavy atom. The molecule has 0 N–H and O–H groups in total. The quantitative estimate of drug-likeness (QED) is 0.531. The normalized spacial score (nSPS) is 12.2. The Hall–Kier alpha value is -2.03. The van der Waals surface area contributed by atoms with Crippen molar-refractivity contribution in [1.82, 2.24) is 0 Å². The lowest BCUT2D eigenvalue weighted by Crippen LogP contribution is -2.10. The first-order chi connectivity index (χ1) is 11.6. The maximum absolute atomic E-state index is 6.42. The Balaban J connectivity index is 2.43. The van der Waals surface area contributed by atoms with Gasteiger partial charge in [0, 0.05) is 21.8 Å². The molecular formula is C22H24OS. The molecule has 0 fully saturated rings. The molecule has 124 valence electrons. The van der Waals surface area contributed by atoms with E-state index in [-0.39, 0.29) is 0 Å². The van der Waals surface area contributed by atoms with E-state index < -0.39 is 10.3 Å². The van der Waals surface area contributed by atoms with Crippen molar-refractivity contribution in [2.45, 2.75) is 35.5 Å². The fourth-order valence-electron chi connectivity index (χ4n) is 3.26. The maximum atomic E-state index is 6.42. The summed E-state index contributed by atoms with van der Waals surface area (Å²) in [4.78, 5) is 3.82. The Morgan fingerprint density at radius 2 is 0.833 bits per heavy atom. The number of aryl methyl sites for hydroxylation is 3. The predicted molar refractivity (Wildman–Crippen MR) is 103 cm³/mol. The van der Waals surface area contributed by atoms with Crippen LogP contribution in [0.25, 0.3) is 0 Å². The van der Waals surface area contributed by atoms with Crippen molar-refractivity contribution in [3.05, 3.63) is 89.5 Å². The van der Waals surface area contributed by atoms with Gasteiger partial charge in [0.05, 0.1) is 0 Å². The van der Waals surface area contributed by atoms with Crippen LogP contribution in [0.4, 0.5) is 0 Å². The molecule has 2 heteroatoms. The molecule has 24 heavy (non-hydrogen) atoms. The highest BCUT2D eigenvalue weighted by Gasteiger charge is 2.34. The summed E-state index contributed by atoms with van der Waals surface area (Å²) >= 11 is 0. The zero-order chi connectivity index (χ0) is 17.2. The summed E-state index contributed by atoms with van der Waals surface area (Å²) in [5, 5.41) is 0. The van der Waals surface area contributed by atoms with Gasteiger partial charge in [0.25, 0.3) is 0 Å². The standard InChI is InChI=1S/C22H24OS/c1-17-11-5-8-14-20(17)24(23-4,21-15-9-6-12-18(21)2)22-16-10-7-13-19(22)3/h5-16H,1-4H3. The average Bonchev–Trinajstić information content (AvgIpc) is 2.60. The van der Waals surface area contributed by atoms with E-state index in [0.717, 1.165) is 0 Å². The van der Waals surface area contributed by atoms with Crippen LogP contribution >= 0.6 is 10.3 Å². The Morgan fingerprint density at radius 1 is 0.542 bits per heavy atom. The van der Waals surface area contributed by atoms with Gasteiger partial charge in [-0.15, -0.1) is 0 Å². The Bertz CT molecular complexity index is 743. The van der Waals surface area contributed by atoms with E-state index in [2.05, 4.69) is 93.6 Å². The molecule has 0 radical (unpaired) electrons. The van der Waals surface area contributed by atoms with Crippen molar-refractivity contribution < 1.29 is 4.18 Å². The van der Waals surface area contributed by atoms with Gasteiger partial charge in [0.15, 0.2) is 0 Å². The topological polar surface area (TPSA) is 9.23 Å². The lowest BCUT2D eigenvalue weighted by Gasteiger charge is -2.42. The molecule has 3 aromatic carbocycles. The van der Waals surface area contributed by atoms with E-state index in [1.54, 1.807) is 0 Å². The summed E-state index contributed by atoms with van der Waals surface area (Å²) in [5.74, 6) is 0. The van der Waals surface area contributed by atoms with Crippen LogP contribution in [-0.2, 0) is 4.18 Å². The molecular weight excluding hydrogens is 312 g/mol. The summed E-state index contributed by atoms with van der Waals surface area (Å²) in [7, 11) is 0.0853. The summed E-state index contributed by atoms with van der Waals surface area (Å²) < 4.78 is 6.42. The first-order valence-electron chi connectivity index (χ1n) is 8.17. The van der Waals surface area contributed by atoms with Crippen LogP contribution in [0.2, 0.25) is 0 Å². The van der Waals surface area contributed by atoms with E-state index in [9.17, 15) is 0 Å². The Kier molecular flexibility index (Phi) is 4.79. The number of hydrogen-bond acceptors (Lipinski definition) is 1. The maximum Gasteiger partial charge on any atom is 0.0494 e. The van der Waals surface area contributed by atoms with Crippen molar-refractivity contribution in [3.63, 3.8) is 0 Å². The molecule has 0 heterocycles. The van der Waals surface area contributed by atoms with Crippen molar-refractivity contribution in [3.8, 4) is 0 Å². The monoisotopic (exact) mass is 336 g/mol. The van der Waals surface area contributed by atoms with Gasteiger partial charge in [-0.25, -0.2) is 0 Å². The third-order valence-electron chi connectivity index (χ3n) is 4.46. The molecule has 0 aliphatic rings. The molecule has 0 aromatic heterocycles. The van der Waals surface area contributed by atoms with E-state index in [1.165, 1.54) is 31.4 Å². The van der Waals surface area contributed by atoms with Gasteiger partial charge in [-0.3, -0.25) is 0 Å². The predicted octanol–water partition coefficient (Wildman–Crippen LogP) is 6.45. The number of hydrogen-bond donors (Lipinski definition) is 0. The van der Waals surface area contributed by atoms with Crippen LogP contribution in [0.5, 0.6) is 0 Å². The largest absolute Gasteiger partial charge is 0.327 e. The molecule has 3 aromatic rings. The highest BCUT2D eigenvalue weighted by Crippen LogP contribution is 2.70. The zero-order valence-corrected chi connectivity index (χ0v) is 15.6. The third-order valence-corrected chi connectivity index (χ3v) is 8.19. The van der Waals surface area contributed by atoms with E-state index in [0.29, 0.717) is 0 Å². The third kappa shape index (κ3) is 2.66. The first kappa shape index (κ1) is 16.8. The fraction of sp³-hybridized carbons (Fsp3) is 0.182. The van der Waals surface area contributed by atoms with Crippen molar-refractivity contribution in [2.75, 3.05) is 7.11 Å². The van der Waals surface area contributed by atoms with Crippen molar-refractivity contribution in [2.24, 2.45) is 0 Å². The summed E-state index contributed by atoms with van der Waals surface area (Å²) in [6.45, 7) is 6.52. The minimum atomic E-state index is -1.76. The SMILES string of the molecule is COS(c1ccccc1C)(c1ccccc1C)c1ccccc1C. The lowest BCUT2D eigenvalue weighted by atomic mass is 10.2. The van der Waals surface area contributed by atoms with Crippen molar-refractivity contribution in [1.29, 1.82) is 0 Å². The van der Waals surface area contributed by atoms with Gasteiger partial charge in [-0.05, 0) is 55.7 Å². The van der Waals surface area contributed by atoms with Crippen LogP contribution < -0.4 is 0 Å². The average molecular weight is 337 g/mol. The summed E-state index contributed by atoms with van der Waals surface area (Å²) in [5.41, 5.74) is 3.79. The van der Waals surface area contributed by atoms with Gasteiger partial charge in [0.1, 0.15) is 0 Å². The van der Waals surface area contributed by atoms with E-state index in [1.807, 2.05) is 7.11 Å². The molecule has 0 saturated heterocycles. The summed E-state index contributed by atoms with van der Waals surface area (Å²) in [6, 6.07) is 25.8. The van der Waals surface area contributed by atoms with Gasteiger partial charge >= 0.3 is 0 Å². The molecule has 1 nitrogen and oxygen atoms in total. The molecule has 0 bridgehead atoms. The fourth-order valence-corrected chi connectivity index (χ4v) is 6.89. The van der Waals surface area contributed by atoms with Gasteiger partial charge < -0.3 is 4.18 Å². The molecule has 0 aliphatic carbocycles. The van der Waals surface area contributed by atoms with Crippen molar-refractivity contribution >= 4 is 10.3 Å². The lowest BCUT2D eigenvalue weighted by molar-refractivity contribution is 0.461. The molecule has 0 amide bonds. The Labute approximate surface area is 146 Å². The molecule has 0 unspecified atom stereocenters. The second-order valence-electron chi connectivity index (χ2n) is 6.02. The van der Waals surface area contributed by atoms with Gasteiger partial charge in [-0.1, -0.05) is 64.9 Å². The smallest absolute Gasteiger partial charge is 0.0494 e. The molecule has 0 aliphatic heterocycles. The molecule has 3 rings (SSSR count). The molecule has 0 saturated carbocycles. The van der Waals surface area contributed by atoms with Crippen LogP contribution in [0.15, 0.2) is 87.5 Å². The minimum Gasteiger partial charge on any atom is -0.327 e. The summed E-state index contributed by atoms with van der Waals surface area (Å²) in [6.07, 6.45) is 0. The van der Waals surface area contributed by atoms with Gasteiger partial charge in [-0.2, -0.15) is 0 Å². The zero-order valence-electron chi connectivity index (χ0n) is 14.7. The molecule has 0 spiro atoms. The first-order valence-corrected chi connectivity index (χ1v) is 9.73. The van der Waals surface area contributed by atoms with E-state index in [4.69, 9.17) is 4.18 Å². The van der Waals surface area contributed by atoms with Crippen LogP contribution in [-0.4, -0.2) is 7.11 Å². The highest BCUT2D eigenvalue weighted by molar-refractivity contribution is 8.30. The second-order valence-corrected chi connectivity index (χ2v) is 8.78. The van der Waals surface area contributed by atoms with Crippen LogP contribution in [0.1, 0.15) is 16.7 Å². The highest BCUT2D eigenvalue weighted by atomic mass is 32.3. The minimum absolute atomic E-state index is 1.26.